The van der Waals surface area contributed by atoms with Gasteiger partial charge < -0.3 is 24.9 Å². The van der Waals surface area contributed by atoms with Crippen LogP contribution in [-0.4, -0.2) is 68.5 Å². The molecule has 0 bridgehead atoms. The van der Waals surface area contributed by atoms with Gasteiger partial charge in [-0.25, -0.2) is 4.39 Å². The maximum Gasteiger partial charge on any atom is 0.363 e. The Bertz CT molecular complexity index is 1640. The molecule has 7 rings (SSSR count). The van der Waals surface area contributed by atoms with Crippen molar-refractivity contribution in [3.63, 3.8) is 0 Å². The summed E-state index contributed by atoms with van der Waals surface area (Å²) in [5, 5.41) is 3.44. The van der Waals surface area contributed by atoms with E-state index in [9.17, 15) is 33.1 Å². The molecule has 43 heavy (non-hydrogen) atoms. The molecule has 1 aromatic heterocycles. The smallest absolute Gasteiger partial charge is 0.340 e. The molecule has 1 unspecified atom stereocenters. The highest BCUT2D eigenvalue weighted by Crippen LogP contribution is 2.53. The van der Waals surface area contributed by atoms with Crippen molar-refractivity contribution in [2.24, 2.45) is 11.8 Å². The van der Waals surface area contributed by atoms with E-state index < -0.39 is 31.5 Å². The summed E-state index contributed by atoms with van der Waals surface area (Å²) in [6.07, 6.45) is 3.85. The van der Waals surface area contributed by atoms with E-state index in [2.05, 4.69) is 17.4 Å². The molecule has 4 heterocycles. The molecular weight excluding hydrogens is 592 g/mol. The fourth-order valence-corrected chi connectivity index (χ4v) is 8.68. The van der Waals surface area contributed by atoms with Gasteiger partial charge in [0.05, 0.1) is 4.88 Å². The minimum atomic E-state index is -4.96. The largest absolute Gasteiger partial charge is 0.363 e. The number of alkyl halides is 1. The van der Waals surface area contributed by atoms with Crippen molar-refractivity contribution in [1.29, 1.82) is 0 Å². The van der Waals surface area contributed by atoms with Crippen LogP contribution in [0.1, 0.15) is 64.7 Å². The van der Waals surface area contributed by atoms with Gasteiger partial charge >= 0.3 is 7.60 Å². The monoisotopic (exact) mass is 625 g/mol. The van der Waals surface area contributed by atoms with Crippen LogP contribution in [-0.2, 0) is 14.2 Å². The predicted octanol–water partition coefficient (Wildman–Crippen LogP) is 4.56. The van der Waals surface area contributed by atoms with E-state index in [1.54, 1.807) is 11.0 Å². The van der Waals surface area contributed by atoms with E-state index in [4.69, 9.17) is 0 Å². The van der Waals surface area contributed by atoms with Crippen molar-refractivity contribution in [3.8, 4) is 0 Å². The minimum Gasteiger partial charge on any atom is -0.340 e. The van der Waals surface area contributed by atoms with Crippen LogP contribution in [0.25, 0.3) is 10.1 Å². The zero-order valence-electron chi connectivity index (χ0n) is 23.3. The van der Waals surface area contributed by atoms with Crippen LogP contribution in [0.2, 0.25) is 0 Å². The molecule has 4 aliphatic rings. The third-order valence-electron chi connectivity index (χ3n) is 9.63. The van der Waals surface area contributed by atoms with E-state index in [-0.39, 0.29) is 23.4 Å². The van der Waals surface area contributed by atoms with Crippen LogP contribution in [0.15, 0.2) is 54.6 Å². The average Bonchev–Trinajstić information content (AvgIpc) is 3.33. The third-order valence-corrected chi connectivity index (χ3v) is 11.6. The Morgan fingerprint density at radius 3 is 2.49 bits per heavy atom. The fourth-order valence-electron chi connectivity index (χ4n) is 7.18. The van der Waals surface area contributed by atoms with E-state index in [1.165, 1.54) is 35.1 Å². The van der Waals surface area contributed by atoms with Gasteiger partial charge in [-0.05, 0) is 78.7 Å². The normalized spacial score (nSPS) is 28.0. The van der Waals surface area contributed by atoms with E-state index in [1.807, 2.05) is 23.1 Å². The third kappa shape index (κ3) is 5.41. The van der Waals surface area contributed by atoms with Crippen LogP contribution in [0.3, 0.4) is 0 Å². The lowest BCUT2D eigenvalue weighted by atomic mass is 9.90. The topological polar surface area (TPSA) is 127 Å². The number of nitrogens with one attached hydrogen (secondary N) is 1. The lowest BCUT2D eigenvalue weighted by Gasteiger charge is -2.43. The Morgan fingerprint density at radius 2 is 1.74 bits per heavy atom. The highest BCUT2D eigenvalue weighted by molar-refractivity contribution is 7.51. The molecule has 3 saturated heterocycles. The van der Waals surface area contributed by atoms with Crippen LogP contribution in [0.4, 0.5) is 4.39 Å². The zero-order chi connectivity index (χ0) is 30.0. The number of benzene rings is 2. The van der Waals surface area contributed by atoms with Gasteiger partial charge in [0.15, 0.2) is 0 Å². The number of nitrogens with zero attached hydrogens (tertiary/aromatic N) is 2. The summed E-state index contributed by atoms with van der Waals surface area (Å²) in [6, 6.07) is 14.6. The van der Waals surface area contributed by atoms with E-state index in [0.29, 0.717) is 58.6 Å². The number of carbonyl (C=O) groups is 3. The summed E-state index contributed by atoms with van der Waals surface area (Å²) in [6.45, 7) is 1.28. The zero-order valence-corrected chi connectivity index (χ0v) is 25.1. The maximum absolute atomic E-state index is 14.3. The number of hydrogen-bond acceptors (Lipinski definition) is 5. The Morgan fingerprint density at radius 1 is 1.00 bits per heavy atom. The number of halogens is 1. The van der Waals surface area contributed by atoms with Gasteiger partial charge in [0.25, 0.3) is 5.91 Å². The molecule has 1 saturated carbocycles. The number of carbonyl (C=O) groups excluding carboxylic acids is 3. The van der Waals surface area contributed by atoms with Crippen molar-refractivity contribution < 1.29 is 33.1 Å². The van der Waals surface area contributed by atoms with Crippen LogP contribution in [0, 0.1) is 11.8 Å². The predicted molar refractivity (Wildman–Crippen MR) is 159 cm³/mol. The van der Waals surface area contributed by atoms with Crippen LogP contribution >= 0.6 is 18.9 Å². The molecule has 3 amide bonds. The Kier molecular flexibility index (Phi) is 7.20. The van der Waals surface area contributed by atoms with Crippen molar-refractivity contribution in [2.75, 3.05) is 13.1 Å². The number of likely N-dealkylation sites (tertiary alicyclic amines) is 1. The average molecular weight is 626 g/mol. The molecule has 1 aliphatic carbocycles. The first-order valence-electron chi connectivity index (χ1n) is 14.8. The van der Waals surface area contributed by atoms with Gasteiger partial charge in [-0.15, -0.1) is 11.3 Å². The van der Waals surface area contributed by atoms with Crippen molar-refractivity contribution in [3.05, 3.63) is 70.6 Å². The maximum atomic E-state index is 14.3. The quantitative estimate of drug-likeness (QED) is 0.345. The standard InChI is InChI=1S/C31H33FN3O6PS/c32-28(42(39,40)41)18-6-9-26-21(10-18)14-27(43-26)29(36)33-24-13-20-11-19(20)12-23-7-8-25(35(23)30(24)37)31(38)34-15-22(16-34)17-4-2-1-3-5-17/h1-6,9-10,14,19-20,22-25,28H,7-8,11-13,15-16H2,(H,33,36)(H2,39,40,41)/t19-,20+,23-,24+,25+,28?/m1/s1. The highest BCUT2D eigenvalue weighted by Gasteiger charge is 2.52. The molecule has 6 atom stereocenters. The fraction of sp³-hybridized carbons (Fsp3) is 0.452. The molecule has 0 spiro atoms. The number of hydrogen-bond donors (Lipinski definition) is 3. The molecule has 12 heteroatoms. The number of amides is 3. The summed E-state index contributed by atoms with van der Waals surface area (Å²) in [7, 11) is -4.96. The first-order chi connectivity index (χ1) is 20.6. The van der Waals surface area contributed by atoms with Gasteiger partial charge in [0.2, 0.25) is 17.7 Å². The SMILES string of the molecule is O=C(N[C@H]1C[C@@H]2C[C@@H]2C[C@H]2CC[C@@H](C(=O)N3CC(c4ccccc4)C3)N2C1=O)c1cc2cc(C(F)P(=O)(O)O)ccc2s1. The van der Waals surface area contributed by atoms with Gasteiger partial charge in [0.1, 0.15) is 12.1 Å². The van der Waals surface area contributed by atoms with Gasteiger partial charge in [-0.2, -0.15) is 0 Å². The lowest BCUT2D eigenvalue weighted by Crippen LogP contribution is -2.59. The minimum absolute atomic E-state index is 0.00670. The Labute approximate surface area is 252 Å². The number of rotatable bonds is 6. The number of fused-ring (bicyclic) bond motifs is 3. The van der Waals surface area contributed by atoms with Crippen molar-refractivity contribution in [1.82, 2.24) is 15.1 Å². The second-order valence-corrected chi connectivity index (χ2v) is 15.1. The van der Waals surface area contributed by atoms with Gasteiger partial charge in [-0.3, -0.25) is 18.9 Å². The van der Waals surface area contributed by atoms with Crippen molar-refractivity contribution in [2.45, 2.75) is 62.1 Å². The second kappa shape index (κ2) is 10.8. The van der Waals surface area contributed by atoms with Crippen LogP contribution < -0.4 is 5.32 Å². The summed E-state index contributed by atoms with van der Waals surface area (Å²) < 4.78 is 26.3. The summed E-state index contributed by atoms with van der Waals surface area (Å²) >= 11 is 1.17. The first-order valence-corrected chi connectivity index (χ1v) is 17.3. The van der Waals surface area contributed by atoms with Gasteiger partial charge in [0, 0.05) is 29.7 Å². The number of thiophene rings is 1. The first kappa shape index (κ1) is 28.6. The molecule has 2 aromatic carbocycles. The van der Waals surface area contributed by atoms with Crippen LogP contribution in [0.5, 0.6) is 0 Å². The molecule has 3 N–H and O–H groups in total. The summed E-state index contributed by atoms with van der Waals surface area (Å²) in [5.41, 5.74) is 1.05. The Hall–Kier alpha value is -3.11. The molecule has 0 radical (unpaired) electrons. The van der Waals surface area contributed by atoms with Gasteiger partial charge in [-0.1, -0.05) is 36.4 Å². The van der Waals surface area contributed by atoms with E-state index in [0.717, 1.165) is 19.3 Å². The summed E-state index contributed by atoms with van der Waals surface area (Å²) in [4.78, 5) is 63.5. The Balaban J connectivity index is 1.07. The lowest BCUT2D eigenvalue weighted by molar-refractivity contribution is -0.149. The molecule has 9 nitrogen and oxygen atoms in total. The highest BCUT2D eigenvalue weighted by atomic mass is 32.1. The molecule has 226 valence electrons. The second-order valence-electron chi connectivity index (χ2n) is 12.4. The molecule has 3 aliphatic heterocycles. The van der Waals surface area contributed by atoms with Crippen molar-refractivity contribution >= 4 is 46.7 Å². The molecule has 3 aromatic rings. The van der Waals surface area contributed by atoms with E-state index >= 15 is 0 Å². The summed E-state index contributed by atoms with van der Waals surface area (Å²) in [5.74, 6) is -1.93. The molecule has 4 fully saturated rings. The molecular formula is C31H33FN3O6PS.